The molecule has 0 radical (unpaired) electrons. The van der Waals surface area contributed by atoms with Gasteiger partial charge >= 0.3 is 0 Å². The third-order valence-corrected chi connectivity index (χ3v) is 6.06. The van der Waals surface area contributed by atoms with Gasteiger partial charge in [0, 0.05) is 24.7 Å². The van der Waals surface area contributed by atoms with Gasteiger partial charge in [-0.15, -0.1) is 6.42 Å². The SMILES string of the molecule is C#CCNS(=O)(=O)c1ccc(C(=O)NC2CCN(C(=O)c3ccco3)CC2)cc1. The van der Waals surface area contributed by atoms with Gasteiger partial charge in [0.15, 0.2) is 5.76 Å². The van der Waals surface area contributed by atoms with Gasteiger partial charge in [0.25, 0.3) is 11.8 Å². The third-order valence-electron chi connectivity index (χ3n) is 4.64. The highest BCUT2D eigenvalue weighted by Gasteiger charge is 2.26. The molecule has 2 amide bonds. The maximum Gasteiger partial charge on any atom is 0.289 e. The molecule has 1 saturated heterocycles. The molecule has 1 aromatic heterocycles. The van der Waals surface area contributed by atoms with Crippen LogP contribution in [0.3, 0.4) is 0 Å². The first-order chi connectivity index (χ1) is 13.9. The summed E-state index contributed by atoms with van der Waals surface area (Å²) in [5.41, 5.74) is 0.356. The molecule has 1 fully saturated rings. The Balaban J connectivity index is 1.53. The second-order valence-electron chi connectivity index (χ2n) is 6.57. The zero-order valence-corrected chi connectivity index (χ0v) is 16.4. The Morgan fingerprint density at radius 3 is 2.45 bits per heavy atom. The summed E-state index contributed by atoms with van der Waals surface area (Å²) in [6, 6.07) is 8.86. The molecule has 0 spiro atoms. The van der Waals surface area contributed by atoms with Crippen molar-refractivity contribution in [2.75, 3.05) is 19.6 Å². The Kier molecular flexibility index (Phi) is 6.36. The minimum atomic E-state index is -3.69. The van der Waals surface area contributed by atoms with Crippen LogP contribution in [0, 0.1) is 12.3 Å². The molecule has 8 nitrogen and oxygen atoms in total. The largest absolute Gasteiger partial charge is 0.459 e. The van der Waals surface area contributed by atoms with Gasteiger partial charge in [0.1, 0.15) is 0 Å². The van der Waals surface area contributed by atoms with Gasteiger partial charge in [-0.3, -0.25) is 9.59 Å². The van der Waals surface area contributed by atoms with Gasteiger partial charge in [-0.2, -0.15) is 4.72 Å². The van der Waals surface area contributed by atoms with Crippen molar-refractivity contribution in [1.82, 2.24) is 14.9 Å². The first-order valence-electron chi connectivity index (χ1n) is 9.07. The smallest absolute Gasteiger partial charge is 0.289 e. The molecule has 0 atom stereocenters. The number of carbonyl (C=O) groups excluding carboxylic acids is 2. The molecule has 1 aliphatic heterocycles. The number of rotatable bonds is 6. The number of benzene rings is 1. The highest BCUT2D eigenvalue weighted by Crippen LogP contribution is 2.16. The lowest BCUT2D eigenvalue weighted by Crippen LogP contribution is -2.46. The molecule has 2 heterocycles. The molecule has 0 bridgehead atoms. The molecular formula is C20H21N3O5S. The van der Waals surface area contributed by atoms with Crippen LogP contribution in [0.1, 0.15) is 33.8 Å². The number of hydrogen-bond donors (Lipinski definition) is 2. The quantitative estimate of drug-likeness (QED) is 0.690. The molecular weight excluding hydrogens is 394 g/mol. The first-order valence-corrected chi connectivity index (χ1v) is 10.6. The van der Waals surface area contributed by atoms with E-state index in [9.17, 15) is 18.0 Å². The van der Waals surface area contributed by atoms with Crippen LogP contribution in [0.25, 0.3) is 0 Å². The molecule has 0 saturated carbocycles. The van der Waals surface area contributed by atoms with E-state index in [-0.39, 0.29) is 29.3 Å². The van der Waals surface area contributed by atoms with Crippen molar-refractivity contribution in [2.45, 2.75) is 23.8 Å². The standard InChI is InChI=1S/C20H21N3O5S/c1-2-11-21-29(26,27)17-7-5-15(6-8-17)19(24)22-16-9-12-23(13-10-16)20(25)18-4-3-14-28-18/h1,3-8,14,16,21H,9-13H2,(H,22,24). The molecule has 29 heavy (non-hydrogen) atoms. The van der Waals surface area contributed by atoms with Crippen molar-refractivity contribution in [1.29, 1.82) is 0 Å². The number of nitrogens with zero attached hydrogens (tertiary/aromatic N) is 1. The maximum atomic E-state index is 12.4. The number of likely N-dealkylation sites (tertiary alicyclic amines) is 1. The van der Waals surface area contributed by atoms with E-state index in [1.165, 1.54) is 30.5 Å². The van der Waals surface area contributed by atoms with Gasteiger partial charge in [0.05, 0.1) is 17.7 Å². The van der Waals surface area contributed by atoms with E-state index in [2.05, 4.69) is 16.0 Å². The second kappa shape index (κ2) is 8.94. The van der Waals surface area contributed by atoms with Crippen LogP contribution < -0.4 is 10.0 Å². The predicted octanol–water partition coefficient (Wildman–Crippen LogP) is 1.23. The molecule has 2 aromatic rings. The van der Waals surface area contributed by atoms with Gasteiger partial charge in [-0.05, 0) is 49.2 Å². The average molecular weight is 415 g/mol. The van der Waals surface area contributed by atoms with Crippen LogP contribution in [0.2, 0.25) is 0 Å². The third kappa shape index (κ3) is 5.04. The van der Waals surface area contributed by atoms with Crippen molar-refractivity contribution < 1.29 is 22.4 Å². The highest BCUT2D eigenvalue weighted by atomic mass is 32.2. The van der Waals surface area contributed by atoms with Crippen LogP contribution in [0.5, 0.6) is 0 Å². The minimum Gasteiger partial charge on any atom is -0.459 e. The molecule has 152 valence electrons. The average Bonchev–Trinajstić information content (AvgIpc) is 3.27. The molecule has 0 aliphatic carbocycles. The number of hydrogen-bond acceptors (Lipinski definition) is 5. The van der Waals surface area contributed by atoms with Crippen molar-refractivity contribution >= 4 is 21.8 Å². The summed E-state index contributed by atoms with van der Waals surface area (Å²) in [5.74, 6) is 2.06. The van der Waals surface area contributed by atoms with Crippen molar-refractivity contribution in [3.05, 3.63) is 54.0 Å². The predicted molar refractivity (Wildman–Crippen MR) is 106 cm³/mol. The number of nitrogens with one attached hydrogen (secondary N) is 2. The van der Waals surface area contributed by atoms with E-state index < -0.39 is 10.0 Å². The molecule has 1 aromatic carbocycles. The molecule has 0 unspecified atom stereocenters. The van der Waals surface area contributed by atoms with Crippen molar-refractivity contribution in [3.8, 4) is 12.3 Å². The Bertz CT molecular complexity index is 999. The van der Waals surface area contributed by atoms with Crippen molar-refractivity contribution in [3.63, 3.8) is 0 Å². The summed E-state index contributed by atoms with van der Waals surface area (Å²) in [6.45, 7) is 0.927. The number of terminal acetylenes is 1. The topological polar surface area (TPSA) is 109 Å². The second-order valence-corrected chi connectivity index (χ2v) is 8.34. The molecule has 9 heteroatoms. The van der Waals surface area contributed by atoms with Crippen LogP contribution in [-0.2, 0) is 10.0 Å². The van der Waals surface area contributed by atoms with E-state index in [4.69, 9.17) is 10.8 Å². The van der Waals surface area contributed by atoms with Crippen LogP contribution in [0.4, 0.5) is 0 Å². The Morgan fingerprint density at radius 2 is 1.86 bits per heavy atom. The lowest BCUT2D eigenvalue weighted by atomic mass is 10.0. The fourth-order valence-corrected chi connectivity index (χ4v) is 3.99. The van der Waals surface area contributed by atoms with Crippen LogP contribution >= 0.6 is 0 Å². The monoisotopic (exact) mass is 415 g/mol. The van der Waals surface area contributed by atoms with Gasteiger partial charge in [0.2, 0.25) is 10.0 Å². The Hall–Kier alpha value is -3.09. The minimum absolute atomic E-state index is 0.0362. The van der Waals surface area contributed by atoms with Crippen LogP contribution in [0.15, 0.2) is 52.0 Å². The Morgan fingerprint density at radius 1 is 1.17 bits per heavy atom. The number of carbonyl (C=O) groups is 2. The fraction of sp³-hybridized carbons (Fsp3) is 0.300. The number of piperidine rings is 1. The molecule has 3 rings (SSSR count). The van der Waals surface area contributed by atoms with Crippen LogP contribution in [-0.4, -0.2) is 50.8 Å². The number of furan rings is 1. The maximum absolute atomic E-state index is 12.4. The summed E-state index contributed by atoms with van der Waals surface area (Å²) in [7, 11) is -3.69. The molecule has 1 aliphatic rings. The van der Waals surface area contributed by atoms with Gasteiger partial charge in [-0.1, -0.05) is 5.92 Å². The zero-order chi connectivity index (χ0) is 20.9. The van der Waals surface area contributed by atoms with Gasteiger partial charge in [-0.25, -0.2) is 8.42 Å². The van der Waals surface area contributed by atoms with E-state index in [1.54, 1.807) is 17.0 Å². The lowest BCUT2D eigenvalue weighted by Gasteiger charge is -2.31. The number of sulfonamides is 1. The summed E-state index contributed by atoms with van der Waals surface area (Å²) in [6.07, 6.45) is 7.77. The van der Waals surface area contributed by atoms with E-state index in [0.717, 1.165) is 0 Å². The summed E-state index contributed by atoms with van der Waals surface area (Å²) in [5, 5.41) is 2.93. The Labute approximate surface area is 169 Å². The first kappa shape index (κ1) is 20.6. The van der Waals surface area contributed by atoms with E-state index in [1.807, 2.05) is 0 Å². The summed E-state index contributed by atoms with van der Waals surface area (Å²) in [4.78, 5) is 26.5. The fourth-order valence-electron chi connectivity index (χ4n) is 3.06. The summed E-state index contributed by atoms with van der Waals surface area (Å²) < 4.78 is 31.4. The van der Waals surface area contributed by atoms with E-state index >= 15 is 0 Å². The normalized spacial score (nSPS) is 14.9. The summed E-state index contributed by atoms with van der Waals surface area (Å²) >= 11 is 0. The highest BCUT2D eigenvalue weighted by molar-refractivity contribution is 7.89. The zero-order valence-electron chi connectivity index (χ0n) is 15.6. The molecule has 2 N–H and O–H groups in total. The lowest BCUT2D eigenvalue weighted by molar-refractivity contribution is 0.0667. The van der Waals surface area contributed by atoms with Crippen molar-refractivity contribution in [2.24, 2.45) is 0 Å². The van der Waals surface area contributed by atoms with Gasteiger partial charge < -0.3 is 14.6 Å². The van der Waals surface area contributed by atoms with E-state index in [0.29, 0.717) is 37.3 Å². The number of amides is 2.